The minimum absolute atomic E-state index is 0.200. The largest absolute Gasteiger partial charge is 0.489 e. The van der Waals surface area contributed by atoms with Gasteiger partial charge in [-0.05, 0) is 57.4 Å². The second-order valence-electron chi connectivity index (χ2n) is 5.27. The third-order valence-corrected chi connectivity index (χ3v) is 3.29. The first kappa shape index (κ1) is 15.0. The lowest BCUT2D eigenvalue weighted by Gasteiger charge is -2.19. The van der Waals surface area contributed by atoms with Crippen LogP contribution < -0.4 is 10.1 Å². The van der Waals surface area contributed by atoms with Gasteiger partial charge in [-0.1, -0.05) is 19.4 Å². The topological polar surface area (TPSA) is 21.3 Å². The van der Waals surface area contributed by atoms with Crippen molar-refractivity contribution in [2.75, 3.05) is 6.54 Å². The predicted octanol–water partition coefficient (Wildman–Crippen LogP) is 3.85. The zero-order valence-corrected chi connectivity index (χ0v) is 12.4. The highest BCUT2D eigenvalue weighted by atomic mass is 16.5. The Balaban J connectivity index is 2.39. The van der Waals surface area contributed by atoms with Crippen LogP contribution in [-0.2, 0) is 0 Å². The SMILES string of the molecule is CCCC(C)NCC(C)Oc1ccc(C)c(C)c1. The molecule has 0 aliphatic rings. The number of hydrogen-bond donors (Lipinski definition) is 1. The molecule has 0 heterocycles. The molecule has 0 saturated heterocycles. The summed E-state index contributed by atoms with van der Waals surface area (Å²) in [5.41, 5.74) is 2.59. The summed E-state index contributed by atoms with van der Waals surface area (Å²) in [6.07, 6.45) is 2.64. The Labute approximate surface area is 112 Å². The average Bonchev–Trinajstić information content (AvgIpc) is 2.32. The minimum Gasteiger partial charge on any atom is -0.489 e. The van der Waals surface area contributed by atoms with Gasteiger partial charge in [-0.15, -0.1) is 0 Å². The van der Waals surface area contributed by atoms with Crippen molar-refractivity contribution in [3.63, 3.8) is 0 Å². The maximum atomic E-state index is 5.92. The molecule has 2 unspecified atom stereocenters. The average molecular weight is 249 g/mol. The normalized spacial score (nSPS) is 14.3. The van der Waals surface area contributed by atoms with E-state index in [4.69, 9.17) is 4.74 Å². The summed E-state index contributed by atoms with van der Waals surface area (Å²) < 4.78 is 5.92. The first-order chi connectivity index (χ1) is 8.52. The summed E-state index contributed by atoms with van der Waals surface area (Å²) >= 11 is 0. The number of ether oxygens (including phenoxy) is 1. The molecule has 0 fully saturated rings. The van der Waals surface area contributed by atoms with E-state index < -0.39 is 0 Å². The Bertz CT molecular complexity index is 362. The lowest BCUT2D eigenvalue weighted by Crippen LogP contribution is -2.34. The molecule has 0 aliphatic carbocycles. The summed E-state index contributed by atoms with van der Waals surface area (Å²) in [6.45, 7) is 11.7. The van der Waals surface area contributed by atoms with Gasteiger partial charge in [0.1, 0.15) is 11.9 Å². The van der Waals surface area contributed by atoms with Gasteiger partial charge in [0.15, 0.2) is 0 Å². The molecule has 0 aromatic heterocycles. The molecule has 0 spiro atoms. The van der Waals surface area contributed by atoms with Crippen molar-refractivity contribution in [1.29, 1.82) is 0 Å². The standard InChI is InChI=1S/C16H27NO/c1-6-7-14(4)17-11-15(5)18-16-9-8-12(2)13(3)10-16/h8-10,14-15,17H,6-7,11H2,1-5H3. The molecule has 18 heavy (non-hydrogen) atoms. The van der Waals surface area contributed by atoms with E-state index in [1.54, 1.807) is 0 Å². The van der Waals surface area contributed by atoms with Crippen molar-refractivity contribution in [2.45, 2.75) is 59.6 Å². The summed E-state index contributed by atoms with van der Waals surface area (Å²) in [4.78, 5) is 0. The first-order valence-corrected chi connectivity index (χ1v) is 7.00. The highest BCUT2D eigenvalue weighted by molar-refractivity contribution is 5.33. The predicted molar refractivity (Wildman–Crippen MR) is 78.4 cm³/mol. The first-order valence-electron chi connectivity index (χ1n) is 7.00. The lowest BCUT2D eigenvalue weighted by molar-refractivity contribution is 0.211. The van der Waals surface area contributed by atoms with Crippen molar-refractivity contribution in [2.24, 2.45) is 0 Å². The molecule has 1 aromatic rings. The Morgan fingerprint density at radius 3 is 2.50 bits per heavy atom. The van der Waals surface area contributed by atoms with Crippen LogP contribution in [0.3, 0.4) is 0 Å². The van der Waals surface area contributed by atoms with Crippen LogP contribution in [0.2, 0.25) is 0 Å². The number of nitrogens with one attached hydrogen (secondary N) is 1. The molecular formula is C16H27NO. The summed E-state index contributed by atoms with van der Waals surface area (Å²) in [7, 11) is 0. The van der Waals surface area contributed by atoms with Crippen LogP contribution >= 0.6 is 0 Å². The van der Waals surface area contributed by atoms with Gasteiger partial charge in [0.25, 0.3) is 0 Å². The Morgan fingerprint density at radius 1 is 1.17 bits per heavy atom. The fourth-order valence-corrected chi connectivity index (χ4v) is 1.96. The van der Waals surface area contributed by atoms with Crippen LogP contribution in [-0.4, -0.2) is 18.7 Å². The molecule has 0 saturated carbocycles. The fraction of sp³-hybridized carbons (Fsp3) is 0.625. The lowest BCUT2D eigenvalue weighted by atomic mass is 10.1. The molecule has 2 nitrogen and oxygen atoms in total. The Hall–Kier alpha value is -1.02. The zero-order chi connectivity index (χ0) is 13.5. The van der Waals surface area contributed by atoms with E-state index in [1.165, 1.54) is 24.0 Å². The van der Waals surface area contributed by atoms with E-state index in [9.17, 15) is 0 Å². The number of hydrogen-bond acceptors (Lipinski definition) is 2. The molecular weight excluding hydrogens is 222 g/mol. The van der Waals surface area contributed by atoms with Crippen molar-refractivity contribution < 1.29 is 4.74 Å². The molecule has 1 N–H and O–H groups in total. The van der Waals surface area contributed by atoms with Crippen LogP contribution in [0.1, 0.15) is 44.7 Å². The monoisotopic (exact) mass is 249 g/mol. The Kier molecular flexibility index (Phi) is 6.20. The van der Waals surface area contributed by atoms with E-state index in [-0.39, 0.29) is 6.10 Å². The summed E-state index contributed by atoms with van der Waals surface area (Å²) in [5.74, 6) is 0.968. The summed E-state index contributed by atoms with van der Waals surface area (Å²) in [6, 6.07) is 6.85. The summed E-state index contributed by atoms with van der Waals surface area (Å²) in [5, 5.41) is 3.50. The highest BCUT2D eigenvalue weighted by Crippen LogP contribution is 2.17. The smallest absolute Gasteiger partial charge is 0.120 e. The van der Waals surface area contributed by atoms with Gasteiger partial charge >= 0.3 is 0 Å². The molecule has 0 aliphatic heterocycles. The number of benzene rings is 1. The van der Waals surface area contributed by atoms with Crippen LogP contribution in [0.4, 0.5) is 0 Å². The van der Waals surface area contributed by atoms with E-state index in [0.717, 1.165) is 12.3 Å². The van der Waals surface area contributed by atoms with Crippen LogP contribution in [0.5, 0.6) is 5.75 Å². The molecule has 0 amide bonds. The third-order valence-electron chi connectivity index (χ3n) is 3.29. The molecule has 1 rings (SSSR count). The quantitative estimate of drug-likeness (QED) is 0.792. The van der Waals surface area contributed by atoms with Gasteiger partial charge in [-0.25, -0.2) is 0 Å². The van der Waals surface area contributed by atoms with E-state index in [0.29, 0.717) is 6.04 Å². The van der Waals surface area contributed by atoms with Gasteiger partial charge in [0.2, 0.25) is 0 Å². The zero-order valence-electron chi connectivity index (χ0n) is 12.4. The van der Waals surface area contributed by atoms with Crippen molar-refractivity contribution in [1.82, 2.24) is 5.32 Å². The van der Waals surface area contributed by atoms with Crippen molar-refractivity contribution >= 4 is 0 Å². The van der Waals surface area contributed by atoms with E-state index in [2.05, 4.69) is 52.1 Å². The minimum atomic E-state index is 0.200. The van der Waals surface area contributed by atoms with Crippen LogP contribution in [0, 0.1) is 13.8 Å². The second-order valence-corrected chi connectivity index (χ2v) is 5.27. The van der Waals surface area contributed by atoms with Crippen molar-refractivity contribution in [3.8, 4) is 5.75 Å². The van der Waals surface area contributed by atoms with Gasteiger partial charge in [0, 0.05) is 12.6 Å². The Morgan fingerprint density at radius 2 is 1.89 bits per heavy atom. The molecule has 2 heteroatoms. The molecule has 0 bridgehead atoms. The van der Waals surface area contributed by atoms with E-state index in [1.807, 2.05) is 6.07 Å². The second kappa shape index (κ2) is 7.42. The van der Waals surface area contributed by atoms with Crippen LogP contribution in [0.15, 0.2) is 18.2 Å². The van der Waals surface area contributed by atoms with Gasteiger partial charge < -0.3 is 10.1 Å². The highest BCUT2D eigenvalue weighted by Gasteiger charge is 2.07. The molecule has 0 radical (unpaired) electrons. The number of aryl methyl sites for hydroxylation is 2. The van der Waals surface area contributed by atoms with Gasteiger partial charge in [-0.3, -0.25) is 0 Å². The maximum Gasteiger partial charge on any atom is 0.120 e. The molecule has 1 aromatic carbocycles. The number of rotatable bonds is 7. The maximum absolute atomic E-state index is 5.92. The van der Waals surface area contributed by atoms with Crippen LogP contribution in [0.25, 0.3) is 0 Å². The van der Waals surface area contributed by atoms with Gasteiger partial charge in [0.05, 0.1) is 0 Å². The molecule has 102 valence electrons. The fourth-order valence-electron chi connectivity index (χ4n) is 1.96. The van der Waals surface area contributed by atoms with Crippen molar-refractivity contribution in [3.05, 3.63) is 29.3 Å². The molecule has 2 atom stereocenters. The third kappa shape index (κ3) is 5.09. The van der Waals surface area contributed by atoms with Gasteiger partial charge in [-0.2, -0.15) is 0 Å². The van der Waals surface area contributed by atoms with E-state index >= 15 is 0 Å².